The van der Waals surface area contributed by atoms with E-state index in [1.54, 1.807) is 23.9 Å². The first kappa shape index (κ1) is 12.0. The summed E-state index contributed by atoms with van der Waals surface area (Å²) in [5, 5.41) is 2.30. The second-order valence-electron chi connectivity index (χ2n) is 4.28. The predicted molar refractivity (Wildman–Crippen MR) is 75.5 cm³/mol. The van der Waals surface area contributed by atoms with Gasteiger partial charge in [-0.15, -0.1) is 11.8 Å². The Labute approximate surface area is 115 Å². The van der Waals surface area contributed by atoms with E-state index in [1.165, 1.54) is 4.90 Å². The lowest BCUT2D eigenvalue weighted by Gasteiger charge is -2.05. The average molecular weight is 269 g/mol. The minimum atomic E-state index is -0.317. The van der Waals surface area contributed by atoms with Gasteiger partial charge >= 0.3 is 0 Å². The van der Waals surface area contributed by atoms with Crippen LogP contribution in [0.4, 0.5) is 0 Å². The van der Waals surface area contributed by atoms with Crippen LogP contribution in [0.1, 0.15) is 20.7 Å². The van der Waals surface area contributed by atoms with Gasteiger partial charge in [0.1, 0.15) is 0 Å². The lowest BCUT2D eigenvalue weighted by molar-refractivity contribution is 0.0879. The third kappa shape index (κ3) is 2.04. The van der Waals surface area contributed by atoms with Crippen LogP contribution in [-0.4, -0.2) is 18.1 Å². The summed E-state index contributed by atoms with van der Waals surface area (Å²) in [5.41, 5.74) is 2.90. The number of thioether (sulfide) groups is 1. The van der Waals surface area contributed by atoms with Gasteiger partial charge in [-0.25, -0.2) is 0 Å². The third-order valence-corrected chi connectivity index (χ3v) is 3.86. The molecule has 1 aliphatic rings. The van der Waals surface area contributed by atoms with Gasteiger partial charge in [-0.1, -0.05) is 18.2 Å². The van der Waals surface area contributed by atoms with E-state index in [-0.39, 0.29) is 11.8 Å². The Kier molecular flexibility index (Phi) is 2.87. The number of imide groups is 1. The number of carbonyl (C=O) groups is 2. The number of benzene rings is 2. The smallest absolute Gasteiger partial charge is 0.258 e. The maximum Gasteiger partial charge on any atom is 0.258 e. The SMILES string of the molecule is CSc1cccc(-c2ccc3c(c2)C(=O)NC3=O)c1. The maximum atomic E-state index is 11.6. The van der Waals surface area contributed by atoms with E-state index in [1.807, 2.05) is 30.5 Å². The van der Waals surface area contributed by atoms with Crippen molar-refractivity contribution in [3.8, 4) is 11.1 Å². The van der Waals surface area contributed by atoms with Crippen LogP contribution in [0.2, 0.25) is 0 Å². The second kappa shape index (κ2) is 4.55. The molecular formula is C15H11NO2S. The van der Waals surface area contributed by atoms with Crippen molar-refractivity contribution in [3.05, 3.63) is 53.6 Å². The van der Waals surface area contributed by atoms with E-state index in [9.17, 15) is 9.59 Å². The molecule has 0 saturated heterocycles. The molecule has 2 aromatic carbocycles. The van der Waals surface area contributed by atoms with Crippen LogP contribution in [0.25, 0.3) is 11.1 Å². The number of nitrogens with one attached hydrogen (secondary N) is 1. The lowest BCUT2D eigenvalue weighted by atomic mass is 10.0. The molecule has 0 saturated carbocycles. The van der Waals surface area contributed by atoms with E-state index in [0.29, 0.717) is 11.1 Å². The van der Waals surface area contributed by atoms with Gasteiger partial charge in [0.25, 0.3) is 11.8 Å². The van der Waals surface area contributed by atoms with Crippen LogP contribution in [0.3, 0.4) is 0 Å². The van der Waals surface area contributed by atoms with Crippen LogP contribution in [0, 0.1) is 0 Å². The predicted octanol–water partition coefficient (Wildman–Crippen LogP) is 2.96. The van der Waals surface area contributed by atoms with Gasteiger partial charge in [0.15, 0.2) is 0 Å². The highest BCUT2D eigenvalue weighted by Crippen LogP contribution is 2.27. The van der Waals surface area contributed by atoms with Crippen molar-refractivity contribution in [1.82, 2.24) is 5.32 Å². The van der Waals surface area contributed by atoms with Crippen molar-refractivity contribution in [2.24, 2.45) is 0 Å². The topological polar surface area (TPSA) is 46.2 Å². The van der Waals surface area contributed by atoms with Crippen LogP contribution in [0.15, 0.2) is 47.4 Å². The van der Waals surface area contributed by atoms with Crippen LogP contribution in [-0.2, 0) is 0 Å². The third-order valence-electron chi connectivity index (χ3n) is 3.14. The fourth-order valence-corrected chi connectivity index (χ4v) is 2.61. The fourth-order valence-electron chi connectivity index (χ4n) is 2.15. The Morgan fingerprint density at radius 1 is 0.895 bits per heavy atom. The number of fused-ring (bicyclic) bond motifs is 1. The molecular weight excluding hydrogens is 258 g/mol. The monoisotopic (exact) mass is 269 g/mol. The van der Waals surface area contributed by atoms with Crippen molar-refractivity contribution in [2.75, 3.05) is 6.26 Å². The van der Waals surface area contributed by atoms with Crippen molar-refractivity contribution in [2.45, 2.75) is 4.90 Å². The van der Waals surface area contributed by atoms with Gasteiger partial charge in [0.2, 0.25) is 0 Å². The summed E-state index contributed by atoms with van der Waals surface area (Å²) in [4.78, 5) is 24.3. The maximum absolute atomic E-state index is 11.6. The molecule has 0 unspecified atom stereocenters. The number of amides is 2. The highest BCUT2D eigenvalue weighted by Gasteiger charge is 2.26. The Morgan fingerprint density at radius 3 is 2.42 bits per heavy atom. The van der Waals surface area contributed by atoms with Crippen molar-refractivity contribution < 1.29 is 9.59 Å². The Bertz CT molecular complexity index is 694. The summed E-state index contributed by atoms with van der Waals surface area (Å²) in [6.07, 6.45) is 2.02. The molecule has 0 fully saturated rings. The molecule has 19 heavy (non-hydrogen) atoms. The summed E-state index contributed by atoms with van der Waals surface area (Å²) in [6.45, 7) is 0. The van der Waals surface area contributed by atoms with Gasteiger partial charge < -0.3 is 0 Å². The van der Waals surface area contributed by atoms with E-state index in [2.05, 4.69) is 11.4 Å². The molecule has 2 aromatic rings. The summed E-state index contributed by atoms with van der Waals surface area (Å²) in [6, 6.07) is 13.4. The first-order chi connectivity index (χ1) is 9.19. The zero-order valence-corrected chi connectivity index (χ0v) is 11.1. The number of hydrogen-bond acceptors (Lipinski definition) is 3. The molecule has 0 atom stereocenters. The fraction of sp³-hybridized carbons (Fsp3) is 0.0667. The molecule has 1 heterocycles. The van der Waals surface area contributed by atoms with Crippen molar-refractivity contribution in [1.29, 1.82) is 0 Å². The Hall–Kier alpha value is -2.07. The van der Waals surface area contributed by atoms with Gasteiger partial charge in [0.05, 0.1) is 11.1 Å². The average Bonchev–Trinajstić information content (AvgIpc) is 2.74. The first-order valence-electron chi connectivity index (χ1n) is 5.83. The van der Waals surface area contributed by atoms with Crippen LogP contribution < -0.4 is 5.32 Å². The first-order valence-corrected chi connectivity index (χ1v) is 7.05. The normalized spacial score (nSPS) is 13.3. The largest absolute Gasteiger partial charge is 0.288 e. The molecule has 3 nitrogen and oxygen atoms in total. The number of rotatable bonds is 2. The summed E-state index contributed by atoms with van der Waals surface area (Å²) >= 11 is 1.67. The summed E-state index contributed by atoms with van der Waals surface area (Å²) < 4.78 is 0. The molecule has 0 spiro atoms. The van der Waals surface area contributed by atoms with E-state index in [4.69, 9.17) is 0 Å². The molecule has 0 aromatic heterocycles. The number of hydrogen-bond donors (Lipinski definition) is 1. The van der Waals surface area contributed by atoms with Crippen molar-refractivity contribution in [3.63, 3.8) is 0 Å². The van der Waals surface area contributed by atoms with Crippen LogP contribution >= 0.6 is 11.8 Å². The molecule has 1 aliphatic heterocycles. The van der Waals surface area contributed by atoms with E-state index in [0.717, 1.165) is 11.1 Å². The van der Waals surface area contributed by atoms with Gasteiger partial charge in [0, 0.05) is 4.90 Å². The lowest BCUT2D eigenvalue weighted by Crippen LogP contribution is -2.19. The molecule has 4 heteroatoms. The van der Waals surface area contributed by atoms with Gasteiger partial charge in [-0.05, 0) is 41.6 Å². The quantitative estimate of drug-likeness (QED) is 0.673. The molecule has 0 bridgehead atoms. The second-order valence-corrected chi connectivity index (χ2v) is 5.16. The molecule has 94 valence electrons. The van der Waals surface area contributed by atoms with Crippen molar-refractivity contribution >= 4 is 23.6 Å². The molecule has 0 radical (unpaired) electrons. The molecule has 3 rings (SSSR count). The molecule has 1 N–H and O–H groups in total. The standard InChI is InChI=1S/C15H11NO2S/c1-19-11-4-2-3-9(7-11)10-5-6-12-13(8-10)15(18)16-14(12)17/h2-8H,1H3,(H,16,17,18). The highest BCUT2D eigenvalue weighted by atomic mass is 32.2. The van der Waals surface area contributed by atoms with E-state index < -0.39 is 0 Å². The summed E-state index contributed by atoms with van der Waals surface area (Å²) in [5.74, 6) is -0.632. The zero-order chi connectivity index (χ0) is 13.4. The zero-order valence-electron chi connectivity index (χ0n) is 10.3. The Morgan fingerprint density at radius 2 is 1.63 bits per heavy atom. The highest BCUT2D eigenvalue weighted by molar-refractivity contribution is 7.98. The molecule has 0 aliphatic carbocycles. The Balaban J connectivity index is 2.10. The summed E-state index contributed by atoms with van der Waals surface area (Å²) in [7, 11) is 0. The van der Waals surface area contributed by atoms with Gasteiger partial charge in [-0.3, -0.25) is 14.9 Å². The number of carbonyl (C=O) groups excluding carboxylic acids is 2. The van der Waals surface area contributed by atoms with E-state index >= 15 is 0 Å². The molecule has 2 amide bonds. The van der Waals surface area contributed by atoms with Crippen LogP contribution in [0.5, 0.6) is 0 Å². The minimum Gasteiger partial charge on any atom is -0.288 e. The van der Waals surface area contributed by atoms with Gasteiger partial charge in [-0.2, -0.15) is 0 Å². The minimum absolute atomic E-state index is 0.315.